The van der Waals surface area contributed by atoms with Gasteiger partial charge in [0, 0.05) is 31.7 Å². The average molecular weight is 328 g/mol. The molecular weight excluding hydrogens is 300 g/mol. The number of benzene rings is 1. The first-order valence-electron chi connectivity index (χ1n) is 9.23. The van der Waals surface area contributed by atoms with E-state index >= 15 is 0 Å². The topological polar surface area (TPSA) is 40.6 Å². The fourth-order valence-electron chi connectivity index (χ4n) is 3.86. The summed E-state index contributed by atoms with van der Waals surface area (Å²) in [4.78, 5) is 29.2. The maximum atomic E-state index is 12.9. The number of hydrogen-bond acceptors (Lipinski definition) is 2. The maximum Gasteiger partial charge on any atom is 0.228 e. The van der Waals surface area contributed by atoms with E-state index < -0.39 is 0 Å². The van der Waals surface area contributed by atoms with Crippen molar-refractivity contribution in [2.45, 2.75) is 52.4 Å². The molecule has 0 saturated carbocycles. The van der Waals surface area contributed by atoms with Crippen LogP contribution in [0.4, 0.5) is 5.69 Å². The summed E-state index contributed by atoms with van der Waals surface area (Å²) in [6, 6.07) is 6.03. The Balaban J connectivity index is 1.71. The van der Waals surface area contributed by atoms with Gasteiger partial charge in [-0.25, -0.2) is 0 Å². The number of likely N-dealkylation sites (tertiary alicyclic amines) is 1. The van der Waals surface area contributed by atoms with Gasteiger partial charge in [-0.3, -0.25) is 9.59 Å². The number of nitrogens with zero attached hydrogens (tertiary/aromatic N) is 2. The summed E-state index contributed by atoms with van der Waals surface area (Å²) >= 11 is 0. The van der Waals surface area contributed by atoms with E-state index in [0.29, 0.717) is 13.0 Å². The third kappa shape index (κ3) is 3.47. The standard InChI is InChI=1S/C20H28N2O2/c1-15-9-8-10-18(16(15)2)22-14-17(13-19(22)23)20(24)21-11-6-4-3-5-7-12-21/h8-10,17H,3-7,11-14H2,1-2H3. The smallest absolute Gasteiger partial charge is 0.228 e. The van der Waals surface area contributed by atoms with E-state index in [1.54, 1.807) is 0 Å². The molecule has 0 bridgehead atoms. The predicted molar refractivity (Wildman–Crippen MR) is 96.0 cm³/mol. The molecule has 1 aromatic carbocycles. The molecule has 24 heavy (non-hydrogen) atoms. The molecule has 0 spiro atoms. The number of anilines is 1. The van der Waals surface area contributed by atoms with Gasteiger partial charge in [-0.2, -0.15) is 0 Å². The first-order chi connectivity index (χ1) is 11.6. The van der Waals surface area contributed by atoms with Crippen LogP contribution in [0.5, 0.6) is 0 Å². The molecule has 0 radical (unpaired) electrons. The Kier molecular flexibility index (Phi) is 5.22. The van der Waals surface area contributed by atoms with Crippen LogP contribution in [-0.4, -0.2) is 36.3 Å². The predicted octanol–water partition coefficient (Wildman–Crippen LogP) is 3.45. The molecule has 0 aromatic heterocycles. The summed E-state index contributed by atoms with van der Waals surface area (Å²) in [5.41, 5.74) is 3.27. The first-order valence-corrected chi connectivity index (χ1v) is 9.23. The molecular formula is C20H28N2O2. The van der Waals surface area contributed by atoms with Crippen LogP contribution in [0.15, 0.2) is 18.2 Å². The van der Waals surface area contributed by atoms with Crippen LogP contribution in [-0.2, 0) is 9.59 Å². The van der Waals surface area contributed by atoms with Gasteiger partial charge in [0.2, 0.25) is 11.8 Å². The van der Waals surface area contributed by atoms with Crippen molar-refractivity contribution in [2.75, 3.05) is 24.5 Å². The lowest BCUT2D eigenvalue weighted by Crippen LogP contribution is -2.39. The SMILES string of the molecule is Cc1cccc(N2CC(C(=O)N3CCCCCCC3)CC2=O)c1C. The van der Waals surface area contributed by atoms with Gasteiger partial charge < -0.3 is 9.80 Å². The zero-order valence-corrected chi connectivity index (χ0v) is 14.9. The molecule has 130 valence electrons. The Morgan fingerprint density at radius 2 is 1.71 bits per heavy atom. The van der Waals surface area contributed by atoms with Gasteiger partial charge in [0.15, 0.2) is 0 Å². The van der Waals surface area contributed by atoms with Crippen molar-refractivity contribution < 1.29 is 9.59 Å². The fourth-order valence-corrected chi connectivity index (χ4v) is 3.86. The second-order valence-corrected chi connectivity index (χ2v) is 7.22. The van der Waals surface area contributed by atoms with E-state index in [0.717, 1.165) is 37.2 Å². The zero-order valence-electron chi connectivity index (χ0n) is 14.9. The average Bonchev–Trinajstić information content (AvgIpc) is 2.91. The van der Waals surface area contributed by atoms with Crippen molar-refractivity contribution in [1.82, 2.24) is 4.90 Å². The largest absolute Gasteiger partial charge is 0.342 e. The number of hydrogen-bond donors (Lipinski definition) is 0. The fraction of sp³-hybridized carbons (Fsp3) is 0.600. The summed E-state index contributed by atoms with van der Waals surface area (Å²) < 4.78 is 0. The Morgan fingerprint density at radius 3 is 2.42 bits per heavy atom. The summed E-state index contributed by atoms with van der Waals surface area (Å²) in [5, 5.41) is 0. The van der Waals surface area contributed by atoms with Crippen molar-refractivity contribution in [3.63, 3.8) is 0 Å². The molecule has 2 heterocycles. The third-order valence-electron chi connectivity index (χ3n) is 5.51. The summed E-state index contributed by atoms with van der Waals surface area (Å²) in [6.45, 7) is 6.34. The number of carbonyl (C=O) groups is 2. The highest BCUT2D eigenvalue weighted by Crippen LogP contribution is 2.30. The highest BCUT2D eigenvalue weighted by Gasteiger charge is 2.37. The second kappa shape index (κ2) is 7.37. The van der Waals surface area contributed by atoms with Crippen LogP contribution in [0.2, 0.25) is 0 Å². The number of aryl methyl sites for hydroxylation is 1. The van der Waals surface area contributed by atoms with Crippen LogP contribution in [0.3, 0.4) is 0 Å². The summed E-state index contributed by atoms with van der Waals surface area (Å²) in [7, 11) is 0. The van der Waals surface area contributed by atoms with E-state index in [4.69, 9.17) is 0 Å². The van der Waals surface area contributed by atoms with Gasteiger partial charge in [-0.1, -0.05) is 31.4 Å². The highest BCUT2D eigenvalue weighted by atomic mass is 16.2. The lowest BCUT2D eigenvalue weighted by molar-refractivity contribution is -0.136. The van der Waals surface area contributed by atoms with Crippen LogP contribution >= 0.6 is 0 Å². The van der Waals surface area contributed by atoms with Crippen molar-refractivity contribution >= 4 is 17.5 Å². The minimum absolute atomic E-state index is 0.0779. The number of amides is 2. The van der Waals surface area contributed by atoms with Crippen molar-refractivity contribution in [2.24, 2.45) is 5.92 Å². The Morgan fingerprint density at radius 1 is 1.04 bits per heavy atom. The third-order valence-corrected chi connectivity index (χ3v) is 5.51. The maximum absolute atomic E-state index is 12.9. The van der Waals surface area contributed by atoms with Gasteiger partial charge in [0.25, 0.3) is 0 Å². The van der Waals surface area contributed by atoms with Gasteiger partial charge in [-0.05, 0) is 43.9 Å². The number of carbonyl (C=O) groups excluding carboxylic acids is 2. The first kappa shape index (κ1) is 17.0. The van der Waals surface area contributed by atoms with Crippen LogP contribution in [0.25, 0.3) is 0 Å². The Hall–Kier alpha value is -1.84. The van der Waals surface area contributed by atoms with E-state index in [1.165, 1.54) is 24.8 Å². The molecule has 2 fully saturated rings. The Bertz CT molecular complexity index is 618. The molecule has 2 saturated heterocycles. The highest BCUT2D eigenvalue weighted by molar-refractivity contribution is 6.00. The van der Waals surface area contributed by atoms with Crippen LogP contribution in [0.1, 0.15) is 49.7 Å². The molecule has 0 aliphatic carbocycles. The molecule has 1 atom stereocenters. The lowest BCUT2D eigenvalue weighted by Gasteiger charge is -2.27. The molecule has 0 N–H and O–H groups in total. The molecule has 3 rings (SSSR count). The molecule has 4 heteroatoms. The quantitative estimate of drug-likeness (QED) is 0.834. The zero-order chi connectivity index (χ0) is 17.1. The van der Waals surface area contributed by atoms with E-state index in [-0.39, 0.29) is 17.7 Å². The normalized spacial score (nSPS) is 22.4. The van der Waals surface area contributed by atoms with Crippen molar-refractivity contribution in [3.8, 4) is 0 Å². The van der Waals surface area contributed by atoms with E-state index in [1.807, 2.05) is 28.9 Å². The number of rotatable bonds is 2. The molecule has 2 aliphatic heterocycles. The Labute approximate surface area is 144 Å². The van der Waals surface area contributed by atoms with Gasteiger partial charge >= 0.3 is 0 Å². The lowest BCUT2D eigenvalue weighted by atomic mass is 10.0. The van der Waals surface area contributed by atoms with Crippen LogP contribution < -0.4 is 4.90 Å². The molecule has 2 amide bonds. The van der Waals surface area contributed by atoms with Crippen molar-refractivity contribution in [3.05, 3.63) is 29.3 Å². The summed E-state index contributed by atoms with van der Waals surface area (Å²) in [5.74, 6) is 0.0731. The minimum Gasteiger partial charge on any atom is -0.342 e. The van der Waals surface area contributed by atoms with Crippen molar-refractivity contribution in [1.29, 1.82) is 0 Å². The second-order valence-electron chi connectivity index (χ2n) is 7.22. The minimum atomic E-state index is -0.183. The molecule has 2 aliphatic rings. The monoisotopic (exact) mass is 328 g/mol. The summed E-state index contributed by atoms with van der Waals surface area (Å²) in [6.07, 6.45) is 6.23. The molecule has 4 nitrogen and oxygen atoms in total. The molecule has 1 unspecified atom stereocenters. The van der Waals surface area contributed by atoms with Gasteiger partial charge in [0.1, 0.15) is 0 Å². The van der Waals surface area contributed by atoms with Gasteiger partial charge in [-0.15, -0.1) is 0 Å². The van der Waals surface area contributed by atoms with Crippen LogP contribution in [0, 0.1) is 19.8 Å². The molecule has 1 aromatic rings. The van der Waals surface area contributed by atoms with E-state index in [9.17, 15) is 9.59 Å². The van der Waals surface area contributed by atoms with Gasteiger partial charge in [0.05, 0.1) is 5.92 Å². The van der Waals surface area contributed by atoms with E-state index in [2.05, 4.69) is 13.0 Å².